The van der Waals surface area contributed by atoms with Gasteiger partial charge < -0.3 is 15.6 Å². The molecule has 1 unspecified atom stereocenters. The summed E-state index contributed by atoms with van der Waals surface area (Å²) in [5.74, 6) is -0.446. The van der Waals surface area contributed by atoms with Crippen LogP contribution in [0.1, 0.15) is 18.5 Å². The van der Waals surface area contributed by atoms with Gasteiger partial charge in [-0.1, -0.05) is 12.1 Å². The maximum Gasteiger partial charge on any atom is 0.341 e. The number of hydrogen-bond acceptors (Lipinski definition) is 3. The molecule has 1 aromatic carbocycles. The Balaban J connectivity index is 0.00000196. The van der Waals surface area contributed by atoms with E-state index in [4.69, 9.17) is 15.6 Å². The van der Waals surface area contributed by atoms with Crippen LogP contribution in [0.5, 0.6) is 5.75 Å². The minimum atomic E-state index is -0.985. The second kappa shape index (κ2) is 6.27. The number of ether oxygens (including phenoxy) is 1. The van der Waals surface area contributed by atoms with Gasteiger partial charge in [0.25, 0.3) is 0 Å². The number of rotatable bonds is 4. The summed E-state index contributed by atoms with van der Waals surface area (Å²) in [4.78, 5) is 10.2. The molecule has 15 heavy (non-hydrogen) atoms. The van der Waals surface area contributed by atoms with Crippen LogP contribution in [0.25, 0.3) is 0 Å². The van der Waals surface area contributed by atoms with Gasteiger partial charge in [0.1, 0.15) is 5.75 Å². The van der Waals surface area contributed by atoms with Crippen LogP contribution in [0.4, 0.5) is 0 Å². The summed E-state index contributed by atoms with van der Waals surface area (Å²) in [5.41, 5.74) is 6.64. The minimum Gasteiger partial charge on any atom is -0.482 e. The molecule has 0 amide bonds. The molecule has 0 radical (unpaired) electrons. The monoisotopic (exact) mass is 231 g/mol. The van der Waals surface area contributed by atoms with Gasteiger partial charge in [0.05, 0.1) is 0 Å². The Bertz CT molecular complexity index is 311. The van der Waals surface area contributed by atoms with Crippen molar-refractivity contribution in [3.05, 3.63) is 29.8 Å². The van der Waals surface area contributed by atoms with Crippen molar-refractivity contribution in [2.75, 3.05) is 6.61 Å². The number of nitrogens with two attached hydrogens (primary N) is 1. The lowest BCUT2D eigenvalue weighted by Gasteiger charge is -2.07. The first-order chi connectivity index (χ1) is 6.59. The number of carboxylic acid groups (broad SMARTS) is 1. The van der Waals surface area contributed by atoms with Crippen LogP contribution in [-0.2, 0) is 4.79 Å². The molecule has 0 aromatic heterocycles. The lowest BCUT2D eigenvalue weighted by atomic mass is 10.1. The molecule has 0 aliphatic heterocycles. The van der Waals surface area contributed by atoms with E-state index in [2.05, 4.69) is 0 Å². The molecular formula is C10H14ClNO3. The highest BCUT2D eigenvalue weighted by atomic mass is 35.5. The lowest BCUT2D eigenvalue weighted by Crippen LogP contribution is -2.09. The minimum absolute atomic E-state index is 0. The van der Waals surface area contributed by atoms with E-state index >= 15 is 0 Å². The normalized spacial score (nSPS) is 11.3. The molecule has 0 spiro atoms. The molecule has 0 aliphatic rings. The highest BCUT2D eigenvalue weighted by molar-refractivity contribution is 5.85. The van der Waals surface area contributed by atoms with Gasteiger partial charge in [-0.15, -0.1) is 12.4 Å². The van der Waals surface area contributed by atoms with Crippen LogP contribution in [-0.4, -0.2) is 17.7 Å². The Labute approximate surface area is 94.5 Å². The number of carboxylic acids is 1. The van der Waals surface area contributed by atoms with Crippen molar-refractivity contribution >= 4 is 18.4 Å². The van der Waals surface area contributed by atoms with E-state index in [1.165, 1.54) is 0 Å². The number of benzene rings is 1. The molecule has 4 nitrogen and oxygen atoms in total. The van der Waals surface area contributed by atoms with E-state index < -0.39 is 5.97 Å². The first-order valence-electron chi connectivity index (χ1n) is 4.29. The zero-order valence-corrected chi connectivity index (χ0v) is 9.16. The van der Waals surface area contributed by atoms with Crippen LogP contribution in [0.3, 0.4) is 0 Å². The molecule has 5 heteroatoms. The fourth-order valence-electron chi connectivity index (χ4n) is 1.01. The van der Waals surface area contributed by atoms with Gasteiger partial charge in [-0.05, 0) is 24.6 Å². The van der Waals surface area contributed by atoms with Crippen LogP contribution in [0.15, 0.2) is 24.3 Å². The van der Waals surface area contributed by atoms with Crippen LogP contribution in [0, 0.1) is 0 Å². The molecule has 0 saturated heterocycles. The van der Waals surface area contributed by atoms with Crippen molar-refractivity contribution in [3.63, 3.8) is 0 Å². The summed E-state index contributed by atoms with van der Waals surface area (Å²) in [6, 6.07) is 7.04. The molecule has 1 aromatic rings. The molecule has 0 aliphatic carbocycles. The van der Waals surface area contributed by atoms with E-state index in [0.717, 1.165) is 5.56 Å². The summed E-state index contributed by atoms with van der Waals surface area (Å²) in [6.07, 6.45) is 0. The molecule has 0 fully saturated rings. The van der Waals surface area contributed by atoms with Gasteiger partial charge in [0.15, 0.2) is 6.61 Å². The highest BCUT2D eigenvalue weighted by Crippen LogP contribution is 2.15. The molecule has 3 N–H and O–H groups in total. The number of aliphatic carboxylic acids is 1. The van der Waals surface area contributed by atoms with Gasteiger partial charge in [0, 0.05) is 6.04 Å². The first-order valence-corrected chi connectivity index (χ1v) is 4.29. The third kappa shape index (κ3) is 4.67. The van der Waals surface area contributed by atoms with Gasteiger partial charge in [-0.25, -0.2) is 4.79 Å². The van der Waals surface area contributed by atoms with Crippen LogP contribution in [0.2, 0.25) is 0 Å². The molecule has 0 bridgehead atoms. The van der Waals surface area contributed by atoms with Crippen LogP contribution >= 0.6 is 12.4 Å². The Kier molecular flexibility index (Phi) is 5.74. The van der Waals surface area contributed by atoms with Gasteiger partial charge in [0.2, 0.25) is 0 Å². The second-order valence-electron chi connectivity index (χ2n) is 3.04. The Morgan fingerprint density at radius 3 is 2.40 bits per heavy atom. The van der Waals surface area contributed by atoms with Crippen LogP contribution < -0.4 is 10.5 Å². The number of carbonyl (C=O) groups is 1. The fraction of sp³-hybridized carbons (Fsp3) is 0.300. The summed E-state index contributed by atoms with van der Waals surface area (Å²) in [5, 5.41) is 8.37. The Hall–Kier alpha value is -1.26. The predicted molar refractivity (Wildman–Crippen MR) is 59.4 cm³/mol. The van der Waals surface area contributed by atoms with E-state index in [0.29, 0.717) is 5.75 Å². The predicted octanol–water partition coefficient (Wildman–Crippen LogP) is 1.59. The zero-order valence-electron chi connectivity index (χ0n) is 8.34. The maximum atomic E-state index is 10.2. The third-order valence-electron chi connectivity index (χ3n) is 1.77. The van der Waals surface area contributed by atoms with Crippen molar-refractivity contribution in [1.82, 2.24) is 0 Å². The van der Waals surface area contributed by atoms with Crippen molar-refractivity contribution in [2.24, 2.45) is 5.73 Å². The lowest BCUT2D eigenvalue weighted by molar-refractivity contribution is -0.139. The largest absolute Gasteiger partial charge is 0.482 e. The molecule has 0 saturated carbocycles. The average Bonchev–Trinajstić information content (AvgIpc) is 2.15. The van der Waals surface area contributed by atoms with Crippen molar-refractivity contribution in [2.45, 2.75) is 13.0 Å². The molecular weight excluding hydrogens is 218 g/mol. The highest BCUT2D eigenvalue weighted by Gasteiger charge is 2.01. The summed E-state index contributed by atoms with van der Waals surface area (Å²) >= 11 is 0. The summed E-state index contributed by atoms with van der Waals surface area (Å²) in [6.45, 7) is 1.56. The molecule has 1 rings (SSSR count). The smallest absolute Gasteiger partial charge is 0.341 e. The van der Waals surface area contributed by atoms with Gasteiger partial charge in [-0.3, -0.25) is 0 Å². The fourth-order valence-corrected chi connectivity index (χ4v) is 1.01. The summed E-state index contributed by atoms with van der Waals surface area (Å²) in [7, 11) is 0. The van der Waals surface area contributed by atoms with Crippen molar-refractivity contribution in [1.29, 1.82) is 0 Å². The third-order valence-corrected chi connectivity index (χ3v) is 1.77. The zero-order chi connectivity index (χ0) is 10.6. The molecule has 84 valence electrons. The quantitative estimate of drug-likeness (QED) is 0.826. The summed E-state index contributed by atoms with van der Waals surface area (Å²) < 4.78 is 4.96. The molecule has 1 atom stereocenters. The molecule has 0 heterocycles. The Morgan fingerprint density at radius 2 is 2.00 bits per heavy atom. The van der Waals surface area contributed by atoms with Crippen molar-refractivity contribution < 1.29 is 14.6 Å². The SMILES string of the molecule is CC(N)c1ccc(OCC(=O)O)cc1.Cl. The maximum absolute atomic E-state index is 10.2. The first kappa shape index (κ1) is 13.7. The number of hydrogen-bond donors (Lipinski definition) is 2. The Morgan fingerprint density at radius 1 is 1.47 bits per heavy atom. The van der Waals surface area contributed by atoms with E-state index in [9.17, 15) is 4.79 Å². The second-order valence-corrected chi connectivity index (χ2v) is 3.04. The average molecular weight is 232 g/mol. The van der Waals surface area contributed by atoms with Gasteiger partial charge >= 0.3 is 5.97 Å². The standard InChI is InChI=1S/C10H13NO3.ClH/c1-7(11)8-2-4-9(5-3-8)14-6-10(12)13;/h2-5,7H,6,11H2,1H3,(H,12,13);1H. The van der Waals surface area contributed by atoms with E-state index in [-0.39, 0.29) is 25.1 Å². The van der Waals surface area contributed by atoms with Gasteiger partial charge in [-0.2, -0.15) is 0 Å². The van der Waals surface area contributed by atoms with Crippen molar-refractivity contribution in [3.8, 4) is 5.75 Å². The van der Waals surface area contributed by atoms with E-state index in [1.807, 2.05) is 19.1 Å². The topological polar surface area (TPSA) is 72.5 Å². The number of halogens is 1. The van der Waals surface area contributed by atoms with E-state index in [1.54, 1.807) is 12.1 Å².